The molecule has 0 radical (unpaired) electrons. The largest absolute Gasteiger partial charge is 0.481 e. The zero-order valence-corrected chi connectivity index (χ0v) is 7.16. The third-order valence-electron chi connectivity index (χ3n) is 2.27. The molecular weight excluding hydrogens is 161 g/mol. The van der Waals surface area contributed by atoms with Crippen molar-refractivity contribution in [3.8, 4) is 0 Å². The summed E-state index contributed by atoms with van der Waals surface area (Å²) in [5.41, 5.74) is 0. The minimum Gasteiger partial charge on any atom is -0.481 e. The predicted molar refractivity (Wildman–Crippen MR) is 42.8 cm³/mol. The number of alkyl halides is 1. The summed E-state index contributed by atoms with van der Waals surface area (Å²) >= 11 is 0. The van der Waals surface area contributed by atoms with Crippen molar-refractivity contribution in [2.24, 2.45) is 5.92 Å². The van der Waals surface area contributed by atoms with E-state index >= 15 is 0 Å². The average molecular weight is 175 g/mol. The Morgan fingerprint density at radius 1 is 1.67 bits per heavy atom. The third kappa shape index (κ3) is 2.44. The number of carbonyl (C=O) groups is 1. The van der Waals surface area contributed by atoms with Crippen LogP contribution in [0.15, 0.2) is 0 Å². The number of carboxylic acids is 1. The summed E-state index contributed by atoms with van der Waals surface area (Å²) < 4.78 is 13.1. The Balaban J connectivity index is 2.28. The highest BCUT2D eigenvalue weighted by Crippen LogP contribution is 2.22. The van der Waals surface area contributed by atoms with Crippen molar-refractivity contribution in [1.82, 2.24) is 4.90 Å². The first-order valence-corrected chi connectivity index (χ1v) is 4.14. The molecule has 1 fully saturated rings. The molecule has 0 amide bonds. The lowest BCUT2D eigenvalue weighted by molar-refractivity contribution is -0.137. The van der Waals surface area contributed by atoms with Crippen molar-refractivity contribution in [3.63, 3.8) is 0 Å². The van der Waals surface area contributed by atoms with Crippen LogP contribution in [0.3, 0.4) is 0 Å². The van der Waals surface area contributed by atoms with Gasteiger partial charge < -0.3 is 10.0 Å². The average Bonchev–Trinajstić information content (AvgIpc) is 2.26. The number of carboxylic acid groups (broad SMARTS) is 1. The summed E-state index contributed by atoms with van der Waals surface area (Å²) in [6, 6.07) is 0. The highest BCUT2D eigenvalue weighted by atomic mass is 19.1. The van der Waals surface area contributed by atoms with Gasteiger partial charge in [0.25, 0.3) is 0 Å². The Morgan fingerprint density at radius 3 is 2.75 bits per heavy atom. The summed E-state index contributed by atoms with van der Waals surface area (Å²) in [5, 5.41) is 8.39. The predicted octanol–water partition coefficient (Wildman–Crippen LogP) is 0.751. The summed E-state index contributed by atoms with van der Waals surface area (Å²) in [6.07, 6.45) is -0.297. The zero-order chi connectivity index (χ0) is 9.14. The van der Waals surface area contributed by atoms with E-state index in [1.165, 1.54) is 0 Å². The van der Waals surface area contributed by atoms with Crippen LogP contribution in [0.4, 0.5) is 4.39 Å². The zero-order valence-electron chi connectivity index (χ0n) is 7.16. The number of aliphatic carboxylic acids is 1. The standard InChI is InChI=1S/C8H14FNO2/c1-10-4-6(7(9)5-10)2-3-8(11)12/h6-7H,2-5H2,1H3,(H,11,12). The monoisotopic (exact) mass is 175 g/mol. The van der Waals surface area contributed by atoms with Gasteiger partial charge >= 0.3 is 5.97 Å². The third-order valence-corrected chi connectivity index (χ3v) is 2.27. The Labute approximate surface area is 71.2 Å². The van der Waals surface area contributed by atoms with E-state index in [2.05, 4.69) is 0 Å². The van der Waals surface area contributed by atoms with Crippen LogP contribution >= 0.6 is 0 Å². The Hall–Kier alpha value is -0.640. The molecule has 0 aromatic rings. The van der Waals surface area contributed by atoms with Gasteiger partial charge in [0.15, 0.2) is 0 Å². The van der Waals surface area contributed by atoms with Gasteiger partial charge in [-0.1, -0.05) is 0 Å². The molecular formula is C8H14FNO2. The van der Waals surface area contributed by atoms with E-state index in [0.29, 0.717) is 19.5 Å². The molecule has 0 saturated carbocycles. The molecule has 0 aromatic heterocycles. The number of likely N-dealkylation sites (tertiary alicyclic amines) is 1. The number of rotatable bonds is 3. The van der Waals surface area contributed by atoms with Crippen molar-refractivity contribution < 1.29 is 14.3 Å². The fraction of sp³-hybridized carbons (Fsp3) is 0.875. The van der Waals surface area contributed by atoms with Gasteiger partial charge in [-0.15, -0.1) is 0 Å². The van der Waals surface area contributed by atoms with E-state index in [4.69, 9.17) is 5.11 Å². The molecule has 0 aliphatic carbocycles. The van der Waals surface area contributed by atoms with Crippen molar-refractivity contribution in [3.05, 3.63) is 0 Å². The Bertz CT molecular complexity index is 174. The molecule has 4 heteroatoms. The molecule has 70 valence electrons. The van der Waals surface area contributed by atoms with Gasteiger partial charge in [-0.3, -0.25) is 4.79 Å². The Morgan fingerprint density at radius 2 is 2.33 bits per heavy atom. The van der Waals surface area contributed by atoms with Gasteiger partial charge in [-0.2, -0.15) is 0 Å². The van der Waals surface area contributed by atoms with E-state index in [9.17, 15) is 9.18 Å². The molecule has 1 aliphatic heterocycles. The van der Waals surface area contributed by atoms with Gasteiger partial charge in [0.1, 0.15) is 6.17 Å². The molecule has 1 heterocycles. The smallest absolute Gasteiger partial charge is 0.303 e. The minimum absolute atomic E-state index is 0.0777. The van der Waals surface area contributed by atoms with Crippen molar-refractivity contribution in [2.75, 3.05) is 20.1 Å². The number of nitrogens with zero attached hydrogens (tertiary/aromatic N) is 1. The second-order valence-corrected chi connectivity index (χ2v) is 3.43. The summed E-state index contributed by atoms with van der Waals surface area (Å²) in [7, 11) is 1.85. The number of hydrogen-bond donors (Lipinski definition) is 1. The molecule has 1 aliphatic rings. The van der Waals surface area contributed by atoms with Gasteiger partial charge in [0.05, 0.1) is 0 Å². The van der Waals surface area contributed by atoms with E-state index in [0.717, 1.165) is 0 Å². The van der Waals surface area contributed by atoms with Crippen LogP contribution in [0.1, 0.15) is 12.8 Å². The minimum atomic E-state index is -0.839. The molecule has 2 atom stereocenters. The van der Waals surface area contributed by atoms with Gasteiger partial charge in [-0.25, -0.2) is 4.39 Å². The lowest BCUT2D eigenvalue weighted by atomic mass is 10.0. The molecule has 12 heavy (non-hydrogen) atoms. The first kappa shape index (κ1) is 9.45. The SMILES string of the molecule is CN1CC(F)C(CCC(=O)O)C1. The maximum Gasteiger partial charge on any atom is 0.303 e. The highest BCUT2D eigenvalue weighted by Gasteiger charge is 2.30. The van der Waals surface area contributed by atoms with Crippen LogP contribution in [-0.2, 0) is 4.79 Å². The van der Waals surface area contributed by atoms with Crippen molar-refractivity contribution in [2.45, 2.75) is 19.0 Å². The van der Waals surface area contributed by atoms with Crippen LogP contribution in [0.5, 0.6) is 0 Å². The maximum absolute atomic E-state index is 13.1. The molecule has 1 rings (SSSR count). The van der Waals surface area contributed by atoms with Crippen molar-refractivity contribution in [1.29, 1.82) is 0 Å². The van der Waals surface area contributed by atoms with Crippen LogP contribution in [0.2, 0.25) is 0 Å². The van der Waals surface area contributed by atoms with E-state index in [1.54, 1.807) is 0 Å². The second-order valence-electron chi connectivity index (χ2n) is 3.43. The van der Waals surface area contributed by atoms with Gasteiger partial charge in [0, 0.05) is 25.4 Å². The van der Waals surface area contributed by atoms with Crippen LogP contribution < -0.4 is 0 Å². The summed E-state index contributed by atoms with van der Waals surface area (Å²) in [5.74, 6) is -0.914. The molecule has 0 spiro atoms. The van der Waals surface area contributed by atoms with E-state index < -0.39 is 12.1 Å². The topological polar surface area (TPSA) is 40.5 Å². The first-order chi connectivity index (χ1) is 5.59. The second kappa shape index (κ2) is 3.85. The lowest BCUT2D eigenvalue weighted by Gasteiger charge is -2.09. The quantitative estimate of drug-likeness (QED) is 0.688. The van der Waals surface area contributed by atoms with Crippen LogP contribution in [-0.4, -0.2) is 42.3 Å². The fourth-order valence-electron chi connectivity index (χ4n) is 1.62. The molecule has 2 unspecified atom stereocenters. The number of hydrogen-bond acceptors (Lipinski definition) is 2. The van der Waals surface area contributed by atoms with E-state index in [-0.39, 0.29) is 12.3 Å². The molecule has 1 N–H and O–H groups in total. The molecule has 3 nitrogen and oxygen atoms in total. The fourth-order valence-corrected chi connectivity index (χ4v) is 1.62. The van der Waals surface area contributed by atoms with Gasteiger partial charge in [0.2, 0.25) is 0 Å². The normalized spacial score (nSPS) is 30.8. The number of halogens is 1. The molecule has 1 saturated heterocycles. The van der Waals surface area contributed by atoms with E-state index in [1.807, 2.05) is 11.9 Å². The molecule has 0 aromatic carbocycles. The summed E-state index contributed by atoms with van der Waals surface area (Å²) in [6.45, 7) is 1.14. The van der Waals surface area contributed by atoms with Crippen molar-refractivity contribution >= 4 is 5.97 Å². The van der Waals surface area contributed by atoms with Crippen LogP contribution in [0.25, 0.3) is 0 Å². The summed E-state index contributed by atoms with van der Waals surface area (Å²) in [4.78, 5) is 12.1. The first-order valence-electron chi connectivity index (χ1n) is 4.14. The maximum atomic E-state index is 13.1. The van der Waals surface area contributed by atoms with Crippen LogP contribution in [0, 0.1) is 5.92 Å². The van der Waals surface area contributed by atoms with Gasteiger partial charge in [-0.05, 0) is 13.5 Å². The highest BCUT2D eigenvalue weighted by molar-refractivity contribution is 5.66. The Kier molecular flexibility index (Phi) is 3.03. The molecule has 0 bridgehead atoms. The lowest BCUT2D eigenvalue weighted by Crippen LogP contribution is -2.14.